The molecule has 0 saturated carbocycles. The van der Waals surface area contributed by atoms with Gasteiger partial charge in [0, 0.05) is 18.5 Å². The van der Waals surface area contributed by atoms with Crippen LogP contribution in [0, 0.1) is 6.92 Å². The molecule has 1 saturated heterocycles. The highest BCUT2D eigenvalue weighted by molar-refractivity contribution is 5.95. The first-order valence-electron chi connectivity index (χ1n) is 5.26. The summed E-state index contributed by atoms with van der Waals surface area (Å²) in [5.41, 5.74) is 0.653. The van der Waals surface area contributed by atoms with E-state index in [1.165, 1.54) is 6.26 Å². The van der Waals surface area contributed by atoms with E-state index in [2.05, 4.69) is 0 Å². The van der Waals surface area contributed by atoms with Crippen LogP contribution in [0.1, 0.15) is 22.5 Å². The van der Waals surface area contributed by atoms with Crippen LogP contribution >= 0.6 is 0 Å². The second kappa shape index (κ2) is 4.21. The number of carboxylic acids is 1. The molecule has 1 aromatic rings. The Morgan fingerprint density at radius 3 is 2.76 bits per heavy atom. The van der Waals surface area contributed by atoms with Crippen molar-refractivity contribution in [1.29, 1.82) is 0 Å². The smallest absolute Gasteiger partial charge is 0.326 e. The van der Waals surface area contributed by atoms with Crippen molar-refractivity contribution in [3.63, 3.8) is 0 Å². The molecule has 1 fully saturated rings. The fourth-order valence-electron chi connectivity index (χ4n) is 1.99. The van der Waals surface area contributed by atoms with Crippen LogP contribution in [0.25, 0.3) is 0 Å². The van der Waals surface area contributed by atoms with Crippen LogP contribution in [0.3, 0.4) is 0 Å². The first-order valence-corrected chi connectivity index (χ1v) is 5.26. The van der Waals surface area contributed by atoms with Crippen LogP contribution in [-0.2, 0) is 4.79 Å². The second-order valence-corrected chi connectivity index (χ2v) is 4.13. The maximum Gasteiger partial charge on any atom is 0.326 e. The molecule has 0 aliphatic carbocycles. The molecule has 0 radical (unpaired) electrons. The molecular weight excluding hydrogens is 226 g/mol. The molecule has 2 N–H and O–H groups in total. The topological polar surface area (TPSA) is 91.0 Å². The molecular formula is C11H13NO5. The van der Waals surface area contributed by atoms with Crippen molar-refractivity contribution < 1.29 is 24.2 Å². The Kier molecular flexibility index (Phi) is 2.89. The van der Waals surface area contributed by atoms with E-state index in [1.54, 1.807) is 13.0 Å². The second-order valence-electron chi connectivity index (χ2n) is 4.13. The summed E-state index contributed by atoms with van der Waals surface area (Å²) in [5.74, 6) is -1.47. The van der Waals surface area contributed by atoms with E-state index in [-0.39, 0.29) is 18.7 Å². The van der Waals surface area contributed by atoms with Gasteiger partial charge in [-0.15, -0.1) is 0 Å². The lowest BCUT2D eigenvalue weighted by molar-refractivity contribution is -0.141. The Balaban J connectivity index is 2.25. The molecule has 6 heteroatoms. The van der Waals surface area contributed by atoms with Crippen LogP contribution in [0.2, 0.25) is 0 Å². The van der Waals surface area contributed by atoms with Crippen LogP contribution < -0.4 is 0 Å². The third-order valence-electron chi connectivity index (χ3n) is 2.88. The van der Waals surface area contributed by atoms with Gasteiger partial charge < -0.3 is 19.5 Å². The van der Waals surface area contributed by atoms with Crippen LogP contribution in [0.4, 0.5) is 0 Å². The van der Waals surface area contributed by atoms with Gasteiger partial charge in [0.1, 0.15) is 6.04 Å². The van der Waals surface area contributed by atoms with Gasteiger partial charge in [-0.1, -0.05) is 0 Å². The minimum absolute atomic E-state index is 0.0238. The number of nitrogens with zero attached hydrogens (tertiary/aromatic N) is 1. The number of carbonyl (C=O) groups is 2. The highest BCUT2D eigenvalue weighted by atomic mass is 16.4. The van der Waals surface area contributed by atoms with E-state index in [0.29, 0.717) is 5.56 Å². The first kappa shape index (κ1) is 11.7. The summed E-state index contributed by atoms with van der Waals surface area (Å²) in [7, 11) is 0. The number of hydrogen-bond donors (Lipinski definition) is 2. The molecule has 0 aromatic carbocycles. The number of aliphatic hydroxyl groups is 1. The third-order valence-corrected chi connectivity index (χ3v) is 2.88. The average molecular weight is 239 g/mol. The normalized spacial score (nSPS) is 24.0. The van der Waals surface area contributed by atoms with Gasteiger partial charge in [-0.3, -0.25) is 4.79 Å². The molecule has 1 amide bonds. The van der Waals surface area contributed by atoms with Crippen LogP contribution in [0.5, 0.6) is 0 Å². The summed E-state index contributed by atoms with van der Waals surface area (Å²) in [5, 5.41) is 18.4. The van der Waals surface area contributed by atoms with Crippen molar-refractivity contribution in [2.45, 2.75) is 25.5 Å². The van der Waals surface area contributed by atoms with Gasteiger partial charge in [-0.25, -0.2) is 4.79 Å². The van der Waals surface area contributed by atoms with Gasteiger partial charge in [-0.05, 0) is 13.0 Å². The number of rotatable bonds is 2. The highest BCUT2D eigenvalue weighted by Gasteiger charge is 2.40. The van der Waals surface area contributed by atoms with Crippen molar-refractivity contribution in [3.05, 3.63) is 23.7 Å². The molecule has 1 aromatic heterocycles. The molecule has 1 aliphatic rings. The minimum Gasteiger partial charge on any atom is -0.480 e. The summed E-state index contributed by atoms with van der Waals surface area (Å²) < 4.78 is 5.04. The number of likely N-dealkylation sites (tertiary alicyclic amines) is 1. The number of aliphatic hydroxyl groups excluding tert-OH is 1. The lowest BCUT2D eigenvalue weighted by Gasteiger charge is -2.20. The monoisotopic (exact) mass is 239 g/mol. The zero-order valence-corrected chi connectivity index (χ0v) is 9.29. The molecule has 2 heterocycles. The molecule has 92 valence electrons. The van der Waals surface area contributed by atoms with Gasteiger partial charge in [0.15, 0.2) is 5.76 Å². The lowest BCUT2D eigenvalue weighted by Crippen LogP contribution is -2.40. The maximum absolute atomic E-state index is 12.0. The van der Waals surface area contributed by atoms with Gasteiger partial charge in [0.25, 0.3) is 5.91 Å². The predicted octanol–water partition coefficient (Wildman–Crippen LogP) is 0.248. The number of furan rings is 1. The predicted molar refractivity (Wildman–Crippen MR) is 56.5 cm³/mol. The quantitative estimate of drug-likeness (QED) is 0.771. The minimum atomic E-state index is -1.11. The summed E-state index contributed by atoms with van der Waals surface area (Å²) in [6.45, 7) is 1.73. The summed E-state index contributed by atoms with van der Waals surface area (Å²) in [4.78, 5) is 24.2. The van der Waals surface area contributed by atoms with Crippen LogP contribution in [-0.4, -0.2) is 45.7 Å². The lowest BCUT2D eigenvalue weighted by atomic mass is 10.2. The number of β-amino-alcohol motifs (C(OH)–C–C–N with tert-alkyl or cyclic N) is 1. The SMILES string of the molecule is Cc1ccoc1C(=O)N1C[C@H](O)C[C@@H]1C(=O)O. The molecule has 2 atom stereocenters. The Morgan fingerprint density at radius 2 is 2.24 bits per heavy atom. The number of aryl methyl sites for hydroxylation is 1. The fourth-order valence-corrected chi connectivity index (χ4v) is 1.99. The van der Waals surface area contributed by atoms with E-state index >= 15 is 0 Å². The Hall–Kier alpha value is -1.82. The standard InChI is InChI=1S/C11H13NO5/c1-6-2-3-17-9(6)10(14)12-5-7(13)4-8(12)11(15)16/h2-3,7-8,13H,4-5H2,1H3,(H,15,16)/t7-,8-/m1/s1. The van der Waals surface area contributed by atoms with Gasteiger partial charge in [0.05, 0.1) is 12.4 Å². The Morgan fingerprint density at radius 1 is 1.53 bits per heavy atom. The van der Waals surface area contributed by atoms with Crippen molar-refractivity contribution in [1.82, 2.24) is 4.90 Å². The summed E-state index contributed by atoms with van der Waals surface area (Å²) in [6, 6.07) is 0.650. The maximum atomic E-state index is 12.0. The zero-order chi connectivity index (χ0) is 12.6. The first-order chi connectivity index (χ1) is 8.00. The average Bonchev–Trinajstić information content (AvgIpc) is 2.83. The number of amides is 1. The van der Waals surface area contributed by atoms with Gasteiger partial charge in [-0.2, -0.15) is 0 Å². The number of aliphatic carboxylic acids is 1. The van der Waals surface area contributed by atoms with Crippen molar-refractivity contribution in [2.75, 3.05) is 6.54 Å². The van der Waals surface area contributed by atoms with E-state index in [0.717, 1.165) is 4.90 Å². The molecule has 0 unspecified atom stereocenters. The van der Waals surface area contributed by atoms with Gasteiger partial charge in [0.2, 0.25) is 0 Å². The largest absolute Gasteiger partial charge is 0.480 e. The molecule has 0 spiro atoms. The number of hydrogen-bond acceptors (Lipinski definition) is 4. The summed E-state index contributed by atoms with van der Waals surface area (Å²) >= 11 is 0. The van der Waals surface area contributed by atoms with Gasteiger partial charge >= 0.3 is 5.97 Å². The van der Waals surface area contributed by atoms with E-state index in [4.69, 9.17) is 9.52 Å². The molecule has 1 aliphatic heterocycles. The van der Waals surface area contributed by atoms with Crippen molar-refractivity contribution >= 4 is 11.9 Å². The zero-order valence-electron chi connectivity index (χ0n) is 9.29. The number of carboxylic acid groups (broad SMARTS) is 1. The van der Waals surface area contributed by atoms with Crippen LogP contribution in [0.15, 0.2) is 16.7 Å². The Labute approximate surface area is 97.4 Å². The molecule has 17 heavy (non-hydrogen) atoms. The summed E-state index contributed by atoms with van der Waals surface area (Å²) in [6.07, 6.45) is 0.640. The third kappa shape index (κ3) is 2.03. The van der Waals surface area contributed by atoms with E-state index in [1.807, 2.05) is 0 Å². The molecule has 0 bridgehead atoms. The molecule has 2 rings (SSSR count). The van der Waals surface area contributed by atoms with E-state index in [9.17, 15) is 14.7 Å². The molecule has 6 nitrogen and oxygen atoms in total. The van der Waals surface area contributed by atoms with Crippen molar-refractivity contribution in [2.24, 2.45) is 0 Å². The Bertz CT molecular complexity index is 452. The fraction of sp³-hybridized carbons (Fsp3) is 0.455. The van der Waals surface area contributed by atoms with Crippen molar-refractivity contribution in [3.8, 4) is 0 Å². The number of carbonyl (C=O) groups excluding carboxylic acids is 1. The van der Waals surface area contributed by atoms with E-state index < -0.39 is 24.0 Å². The highest BCUT2D eigenvalue weighted by Crippen LogP contribution is 2.22.